The summed E-state index contributed by atoms with van der Waals surface area (Å²) in [5, 5.41) is 2.58. The van der Waals surface area contributed by atoms with Crippen LogP contribution in [0.1, 0.15) is 24.2 Å². The maximum Gasteiger partial charge on any atom is 0.339 e. The lowest BCUT2D eigenvalue weighted by atomic mass is 10.2. The molecule has 1 rings (SSSR count). The maximum atomic E-state index is 11.8. The smallest absolute Gasteiger partial charge is 0.339 e. The minimum atomic E-state index is -0.816. The van der Waals surface area contributed by atoms with Crippen LogP contribution in [0.25, 0.3) is 0 Å². The number of methoxy groups -OCH3 is 1. The zero-order valence-corrected chi connectivity index (χ0v) is 10.7. The molecule has 0 aliphatic rings. The van der Waals surface area contributed by atoms with E-state index in [0.717, 1.165) is 0 Å². The number of ether oxygens (including phenoxy) is 2. The van der Waals surface area contributed by atoms with Crippen LogP contribution in [-0.2, 0) is 9.53 Å². The second kappa shape index (κ2) is 6.64. The van der Waals surface area contributed by atoms with Crippen LogP contribution >= 0.6 is 0 Å². The Labute approximate surface area is 106 Å². The highest BCUT2D eigenvalue weighted by Crippen LogP contribution is 2.14. The number of carbonyl (C=O) groups is 2. The number of hydrogen-bond donors (Lipinski definition) is 1. The summed E-state index contributed by atoms with van der Waals surface area (Å²) >= 11 is 0. The molecule has 1 atom stereocenters. The Hall–Kier alpha value is -2.04. The molecule has 0 unspecified atom stereocenters. The van der Waals surface area contributed by atoms with Crippen LogP contribution in [0.2, 0.25) is 0 Å². The number of rotatable bonds is 5. The van der Waals surface area contributed by atoms with Crippen LogP contribution < -0.4 is 10.1 Å². The first kappa shape index (κ1) is 14.0. The van der Waals surface area contributed by atoms with Crippen molar-refractivity contribution in [3.8, 4) is 5.75 Å². The molecular weight excluding hydrogens is 234 g/mol. The van der Waals surface area contributed by atoms with E-state index in [9.17, 15) is 9.59 Å². The number of amides is 1. The van der Waals surface area contributed by atoms with Crippen molar-refractivity contribution in [3.05, 3.63) is 29.8 Å². The van der Waals surface area contributed by atoms with Crippen LogP contribution in [-0.4, -0.2) is 31.6 Å². The summed E-state index contributed by atoms with van der Waals surface area (Å²) in [6, 6.07) is 6.58. The molecule has 0 radical (unpaired) electrons. The highest BCUT2D eigenvalue weighted by Gasteiger charge is 2.18. The highest BCUT2D eigenvalue weighted by molar-refractivity contribution is 5.92. The first-order valence-electron chi connectivity index (χ1n) is 5.71. The van der Waals surface area contributed by atoms with Gasteiger partial charge in [0.1, 0.15) is 5.75 Å². The van der Waals surface area contributed by atoms with Crippen LogP contribution in [0.5, 0.6) is 5.75 Å². The molecule has 18 heavy (non-hydrogen) atoms. The quantitative estimate of drug-likeness (QED) is 0.803. The number of carbonyl (C=O) groups excluding carboxylic acids is 2. The van der Waals surface area contributed by atoms with E-state index in [4.69, 9.17) is 9.47 Å². The van der Waals surface area contributed by atoms with Gasteiger partial charge in [-0.15, -0.1) is 0 Å². The van der Waals surface area contributed by atoms with E-state index in [1.807, 2.05) is 0 Å². The minimum absolute atomic E-state index is 0.311. The van der Waals surface area contributed by atoms with Crippen LogP contribution in [0.15, 0.2) is 24.3 Å². The van der Waals surface area contributed by atoms with Gasteiger partial charge in [-0.2, -0.15) is 0 Å². The number of hydrogen-bond acceptors (Lipinski definition) is 4. The monoisotopic (exact) mass is 251 g/mol. The summed E-state index contributed by atoms with van der Waals surface area (Å²) in [7, 11) is 1.52. The van der Waals surface area contributed by atoms with Crippen LogP contribution in [0, 0.1) is 0 Å². The third-order valence-electron chi connectivity index (χ3n) is 2.31. The molecule has 1 N–H and O–H groups in total. The molecule has 0 saturated heterocycles. The van der Waals surface area contributed by atoms with E-state index in [1.165, 1.54) is 14.0 Å². The van der Waals surface area contributed by atoms with E-state index < -0.39 is 12.1 Å². The van der Waals surface area contributed by atoms with Gasteiger partial charge in [-0.3, -0.25) is 4.79 Å². The van der Waals surface area contributed by atoms with Crippen LogP contribution in [0.3, 0.4) is 0 Å². The van der Waals surface area contributed by atoms with E-state index in [1.54, 1.807) is 31.2 Å². The summed E-state index contributed by atoms with van der Waals surface area (Å²) in [4.78, 5) is 23.2. The predicted octanol–water partition coefficient (Wildman–Crippen LogP) is 1.38. The topological polar surface area (TPSA) is 64.6 Å². The molecule has 0 spiro atoms. The Morgan fingerprint density at radius 2 is 2.11 bits per heavy atom. The lowest BCUT2D eigenvalue weighted by Crippen LogP contribution is -2.35. The summed E-state index contributed by atoms with van der Waals surface area (Å²) in [5.41, 5.74) is 0.352. The molecule has 0 aliphatic carbocycles. The van der Waals surface area contributed by atoms with E-state index in [2.05, 4.69) is 5.32 Å². The Morgan fingerprint density at radius 3 is 2.72 bits per heavy atom. The first-order valence-corrected chi connectivity index (χ1v) is 5.71. The molecule has 0 aliphatic heterocycles. The second-order valence-corrected chi connectivity index (χ2v) is 3.67. The van der Waals surface area contributed by atoms with Gasteiger partial charge in [0.15, 0.2) is 6.10 Å². The first-order chi connectivity index (χ1) is 8.58. The van der Waals surface area contributed by atoms with Crippen molar-refractivity contribution >= 4 is 11.9 Å². The lowest BCUT2D eigenvalue weighted by Gasteiger charge is -2.12. The molecular formula is C13H17NO4. The number of benzene rings is 1. The van der Waals surface area contributed by atoms with Gasteiger partial charge in [-0.1, -0.05) is 6.07 Å². The SMILES string of the molecule is CCNC(=O)[C@H](C)OC(=O)c1cccc(OC)c1. The third kappa shape index (κ3) is 3.76. The molecule has 0 bridgehead atoms. The van der Waals surface area contributed by atoms with Crippen molar-refractivity contribution in [1.82, 2.24) is 5.32 Å². The number of nitrogens with one attached hydrogen (secondary N) is 1. The predicted molar refractivity (Wildman–Crippen MR) is 66.6 cm³/mol. The number of likely N-dealkylation sites (N-methyl/N-ethyl adjacent to an activating group) is 1. The summed E-state index contributed by atoms with van der Waals surface area (Å²) in [6.07, 6.45) is -0.816. The second-order valence-electron chi connectivity index (χ2n) is 3.67. The van der Waals surface area contributed by atoms with Gasteiger partial charge in [0.05, 0.1) is 12.7 Å². The van der Waals surface area contributed by atoms with Crippen LogP contribution in [0.4, 0.5) is 0 Å². The zero-order valence-electron chi connectivity index (χ0n) is 10.7. The van der Waals surface area contributed by atoms with Gasteiger partial charge >= 0.3 is 5.97 Å². The van der Waals surface area contributed by atoms with E-state index in [0.29, 0.717) is 17.9 Å². The summed E-state index contributed by atoms with van der Waals surface area (Å²) in [6.45, 7) is 3.83. The lowest BCUT2D eigenvalue weighted by molar-refractivity contribution is -0.128. The minimum Gasteiger partial charge on any atom is -0.497 e. The van der Waals surface area contributed by atoms with Gasteiger partial charge < -0.3 is 14.8 Å². The molecule has 5 heteroatoms. The normalized spacial score (nSPS) is 11.5. The highest BCUT2D eigenvalue weighted by atomic mass is 16.5. The average Bonchev–Trinajstić information content (AvgIpc) is 2.39. The Bertz CT molecular complexity index is 431. The largest absolute Gasteiger partial charge is 0.497 e. The van der Waals surface area contributed by atoms with Crippen molar-refractivity contribution in [2.75, 3.05) is 13.7 Å². The van der Waals surface area contributed by atoms with Crippen molar-refractivity contribution in [2.45, 2.75) is 20.0 Å². The van der Waals surface area contributed by atoms with Crippen molar-refractivity contribution in [3.63, 3.8) is 0 Å². The molecule has 5 nitrogen and oxygen atoms in total. The molecule has 0 fully saturated rings. The van der Waals surface area contributed by atoms with Gasteiger partial charge in [0, 0.05) is 6.54 Å². The zero-order chi connectivity index (χ0) is 13.5. The molecule has 1 aromatic carbocycles. The standard InChI is InChI=1S/C13H17NO4/c1-4-14-12(15)9(2)18-13(16)10-6-5-7-11(8-10)17-3/h5-9H,4H2,1-3H3,(H,14,15)/t9-/m0/s1. The molecule has 1 amide bonds. The average molecular weight is 251 g/mol. The van der Waals surface area contributed by atoms with E-state index in [-0.39, 0.29) is 5.91 Å². The Kier molecular flexibility index (Phi) is 5.17. The molecule has 1 aromatic rings. The van der Waals surface area contributed by atoms with Gasteiger partial charge in [-0.05, 0) is 32.0 Å². The Balaban J connectivity index is 2.67. The molecule has 0 heterocycles. The molecule has 0 aromatic heterocycles. The van der Waals surface area contributed by atoms with Gasteiger partial charge in [-0.25, -0.2) is 4.79 Å². The summed E-state index contributed by atoms with van der Waals surface area (Å²) in [5.74, 6) is -0.295. The van der Waals surface area contributed by atoms with Crippen molar-refractivity contribution < 1.29 is 19.1 Å². The van der Waals surface area contributed by atoms with E-state index >= 15 is 0 Å². The fraction of sp³-hybridized carbons (Fsp3) is 0.385. The van der Waals surface area contributed by atoms with Gasteiger partial charge in [0.2, 0.25) is 0 Å². The fourth-order valence-corrected chi connectivity index (χ4v) is 1.35. The Morgan fingerprint density at radius 1 is 1.39 bits per heavy atom. The summed E-state index contributed by atoms with van der Waals surface area (Å²) < 4.78 is 10.1. The van der Waals surface area contributed by atoms with Crippen molar-refractivity contribution in [1.29, 1.82) is 0 Å². The van der Waals surface area contributed by atoms with Crippen molar-refractivity contribution in [2.24, 2.45) is 0 Å². The maximum absolute atomic E-state index is 11.8. The van der Waals surface area contributed by atoms with Gasteiger partial charge in [0.25, 0.3) is 5.91 Å². The number of esters is 1. The third-order valence-corrected chi connectivity index (χ3v) is 2.31. The molecule has 98 valence electrons. The molecule has 0 saturated carbocycles. The fourth-order valence-electron chi connectivity index (χ4n) is 1.35.